The minimum Gasteiger partial charge on any atom is -0.497 e. The molecule has 0 unspecified atom stereocenters. The monoisotopic (exact) mass is 543 g/mol. The molecule has 2 aromatic heterocycles. The van der Waals surface area contributed by atoms with Gasteiger partial charge in [0.2, 0.25) is 0 Å². The van der Waals surface area contributed by atoms with E-state index >= 15 is 0 Å². The van der Waals surface area contributed by atoms with Gasteiger partial charge in [0.1, 0.15) is 27.0 Å². The number of ether oxygens (including phenoxy) is 2. The molecule has 196 valence electrons. The van der Waals surface area contributed by atoms with Crippen LogP contribution < -0.4 is 20.5 Å². The molecule has 0 saturated carbocycles. The first kappa shape index (κ1) is 25.2. The first-order valence-electron chi connectivity index (χ1n) is 12.7. The van der Waals surface area contributed by atoms with Crippen LogP contribution >= 0.6 is 11.3 Å². The van der Waals surface area contributed by atoms with Gasteiger partial charge < -0.3 is 20.5 Å². The molecule has 0 aliphatic carbocycles. The Kier molecular flexibility index (Phi) is 6.87. The van der Waals surface area contributed by atoms with E-state index in [4.69, 9.17) is 20.2 Å². The van der Waals surface area contributed by atoms with E-state index < -0.39 is 0 Å². The highest BCUT2D eigenvalue weighted by atomic mass is 32.1. The number of nitrogens with zero attached hydrogens (tertiary/aromatic N) is 1. The number of methoxy groups -OCH3 is 1. The number of para-hydroxylation sites is 1. The molecule has 0 bridgehead atoms. The second-order valence-corrected chi connectivity index (χ2v) is 10.1. The molecule has 6 rings (SSSR count). The number of pyridine rings is 1. The lowest BCUT2D eigenvalue weighted by atomic mass is 9.99. The molecule has 0 spiro atoms. The van der Waals surface area contributed by atoms with Crippen molar-refractivity contribution in [1.82, 2.24) is 4.98 Å². The van der Waals surface area contributed by atoms with Gasteiger partial charge in [0, 0.05) is 16.6 Å². The molecule has 6 nitrogen and oxygen atoms in total. The zero-order valence-corrected chi connectivity index (χ0v) is 22.4. The lowest BCUT2D eigenvalue weighted by Crippen LogP contribution is -2.11. The number of hydrogen-bond acceptors (Lipinski definition) is 6. The average molecular weight is 544 g/mol. The summed E-state index contributed by atoms with van der Waals surface area (Å²) in [6.07, 6.45) is 0. The molecule has 0 fully saturated rings. The molecule has 40 heavy (non-hydrogen) atoms. The molecule has 0 atom stereocenters. The maximum absolute atomic E-state index is 13.4. The summed E-state index contributed by atoms with van der Waals surface area (Å²) >= 11 is 1.28. The highest BCUT2D eigenvalue weighted by Gasteiger charge is 2.22. The smallest absolute Gasteiger partial charge is 0.267 e. The normalized spacial score (nSPS) is 10.8. The summed E-state index contributed by atoms with van der Waals surface area (Å²) in [6, 6.07) is 36.5. The van der Waals surface area contributed by atoms with E-state index in [1.807, 2.05) is 103 Å². The lowest BCUT2D eigenvalue weighted by molar-refractivity contribution is 0.103. The van der Waals surface area contributed by atoms with Crippen molar-refractivity contribution in [2.75, 3.05) is 18.2 Å². The summed E-state index contributed by atoms with van der Waals surface area (Å²) in [4.78, 5) is 19.4. The van der Waals surface area contributed by atoms with Gasteiger partial charge in [0.05, 0.1) is 18.5 Å². The van der Waals surface area contributed by atoms with Crippen LogP contribution in [0.3, 0.4) is 0 Å². The number of amides is 1. The van der Waals surface area contributed by atoms with Gasteiger partial charge in [0.15, 0.2) is 0 Å². The molecular formula is C33H25N3O3S. The Bertz CT molecular complexity index is 1780. The fraction of sp³-hybridized carbons (Fsp3) is 0.0303. The first-order valence-corrected chi connectivity index (χ1v) is 13.5. The van der Waals surface area contributed by atoms with Gasteiger partial charge in [-0.15, -0.1) is 11.3 Å². The maximum Gasteiger partial charge on any atom is 0.267 e. The molecule has 4 aromatic carbocycles. The molecule has 1 amide bonds. The van der Waals surface area contributed by atoms with E-state index in [0.29, 0.717) is 26.8 Å². The Labute approximate surface area is 235 Å². The molecule has 0 aliphatic rings. The second-order valence-electron chi connectivity index (χ2n) is 9.07. The Balaban J connectivity index is 1.35. The summed E-state index contributed by atoms with van der Waals surface area (Å²) in [6.45, 7) is 0. The van der Waals surface area contributed by atoms with Gasteiger partial charge in [-0.3, -0.25) is 4.79 Å². The number of nitrogens with one attached hydrogen (secondary N) is 1. The first-order chi connectivity index (χ1) is 19.6. The van der Waals surface area contributed by atoms with Crippen LogP contribution in [0, 0.1) is 0 Å². The van der Waals surface area contributed by atoms with Gasteiger partial charge in [-0.2, -0.15) is 0 Å². The Hall–Kier alpha value is -5.14. The molecule has 0 aliphatic heterocycles. The number of anilines is 2. The highest BCUT2D eigenvalue weighted by molar-refractivity contribution is 7.21. The van der Waals surface area contributed by atoms with Crippen LogP contribution in [0.25, 0.3) is 32.6 Å². The summed E-state index contributed by atoms with van der Waals surface area (Å²) in [5.41, 5.74) is 11.3. The number of fused-ring (bicyclic) bond motifs is 1. The zero-order chi connectivity index (χ0) is 27.5. The SMILES string of the molecule is COc1ccc(-c2cc(-c3ccccc3)nc3sc(C(=O)Nc4ccc(Oc5ccccc5)cc4)c(N)c23)cc1. The number of aromatic nitrogens is 1. The fourth-order valence-corrected chi connectivity index (χ4v) is 5.48. The minimum absolute atomic E-state index is 0.292. The molecular weight excluding hydrogens is 518 g/mol. The van der Waals surface area contributed by atoms with Crippen molar-refractivity contribution in [1.29, 1.82) is 0 Å². The third-order valence-electron chi connectivity index (χ3n) is 6.47. The summed E-state index contributed by atoms with van der Waals surface area (Å²) in [5.74, 6) is 1.88. The number of thiophene rings is 1. The molecule has 6 aromatic rings. The Morgan fingerprint density at radius 1 is 0.775 bits per heavy atom. The Morgan fingerprint density at radius 2 is 1.40 bits per heavy atom. The maximum atomic E-state index is 13.4. The van der Waals surface area contributed by atoms with Gasteiger partial charge in [-0.25, -0.2) is 4.98 Å². The highest BCUT2D eigenvalue weighted by Crippen LogP contribution is 2.42. The molecule has 2 heterocycles. The van der Waals surface area contributed by atoms with Crippen LogP contribution in [0.2, 0.25) is 0 Å². The molecule has 3 N–H and O–H groups in total. The van der Waals surface area contributed by atoms with Crippen molar-refractivity contribution in [3.05, 3.63) is 120 Å². The topological polar surface area (TPSA) is 86.5 Å². The molecule has 0 radical (unpaired) electrons. The van der Waals surface area contributed by atoms with Crippen molar-refractivity contribution >= 4 is 38.8 Å². The Morgan fingerprint density at radius 3 is 2.08 bits per heavy atom. The largest absolute Gasteiger partial charge is 0.497 e. The van der Waals surface area contributed by atoms with Gasteiger partial charge in [0.25, 0.3) is 5.91 Å². The number of nitrogens with two attached hydrogens (primary N) is 1. The zero-order valence-electron chi connectivity index (χ0n) is 21.6. The van der Waals surface area contributed by atoms with Crippen LogP contribution in [-0.4, -0.2) is 18.0 Å². The average Bonchev–Trinajstić information content (AvgIpc) is 3.35. The number of hydrogen-bond donors (Lipinski definition) is 2. The van der Waals surface area contributed by atoms with Gasteiger partial charge in [-0.05, 0) is 65.7 Å². The van der Waals surface area contributed by atoms with Crippen LogP contribution in [0.15, 0.2) is 115 Å². The minimum atomic E-state index is -0.292. The van der Waals surface area contributed by atoms with Crippen LogP contribution in [0.4, 0.5) is 11.4 Å². The fourth-order valence-electron chi connectivity index (χ4n) is 4.46. The van der Waals surface area contributed by atoms with Crippen molar-refractivity contribution in [2.45, 2.75) is 0 Å². The predicted octanol–water partition coefficient (Wildman–Crippen LogP) is 8.27. The standard InChI is InChI=1S/C33H25N3O3S/c1-38-24-16-12-21(13-17-24)27-20-28(22-8-4-2-5-9-22)36-33-29(27)30(34)31(40-33)32(37)35-23-14-18-26(19-15-23)39-25-10-6-3-7-11-25/h2-20H,34H2,1H3,(H,35,37). The van der Waals surface area contributed by atoms with Gasteiger partial charge >= 0.3 is 0 Å². The summed E-state index contributed by atoms with van der Waals surface area (Å²) < 4.78 is 11.2. The van der Waals surface area contributed by atoms with E-state index in [-0.39, 0.29) is 5.91 Å². The van der Waals surface area contributed by atoms with Crippen molar-refractivity contribution in [3.63, 3.8) is 0 Å². The van der Waals surface area contributed by atoms with Crippen molar-refractivity contribution in [3.8, 4) is 39.6 Å². The van der Waals surface area contributed by atoms with Gasteiger partial charge in [-0.1, -0.05) is 60.7 Å². The van der Waals surface area contributed by atoms with Crippen molar-refractivity contribution < 1.29 is 14.3 Å². The van der Waals surface area contributed by atoms with E-state index in [2.05, 4.69) is 5.32 Å². The van der Waals surface area contributed by atoms with Crippen LogP contribution in [0.1, 0.15) is 9.67 Å². The quantitative estimate of drug-likeness (QED) is 0.212. The number of rotatable bonds is 7. The van der Waals surface area contributed by atoms with Crippen LogP contribution in [0.5, 0.6) is 17.2 Å². The van der Waals surface area contributed by atoms with Crippen molar-refractivity contribution in [2.24, 2.45) is 0 Å². The summed E-state index contributed by atoms with van der Waals surface area (Å²) in [5, 5.41) is 3.72. The molecule has 7 heteroatoms. The number of carbonyl (C=O) groups excluding carboxylic acids is 1. The van der Waals surface area contributed by atoms with E-state index in [1.165, 1.54) is 11.3 Å². The predicted molar refractivity (Wildman–Crippen MR) is 162 cm³/mol. The van der Waals surface area contributed by atoms with E-state index in [9.17, 15) is 4.79 Å². The van der Waals surface area contributed by atoms with Crippen LogP contribution in [-0.2, 0) is 0 Å². The third-order valence-corrected chi connectivity index (χ3v) is 7.57. The second kappa shape index (κ2) is 10.9. The summed E-state index contributed by atoms with van der Waals surface area (Å²) in [7, 11) is 1.64. The van der Waals surface area contributed by atoms with E-state index in [0.717, 1.165) is 39.3 Å². The lowest BCUT2D eigenvalue weighted by Gasteiger charge is -2.10. The number of nitrogen functional groups attached to an aromatic ring is 1. The third kappa shape index (κ3) is 5.10. The van der Waals surface area contributed by atoms with E-state index in [1.54, 1.807) is 19.2 Å². The number of carbonyl (C=O) groups is 1. The number of benzene rings is 4. The molecule has 0 saturated heterocycles.